The summed E-state index contributed by atoms with van der Waals surface area (Å²) in [5.74, 6) is 1.60. The van der Waals surface area contributed by atoms with Crippen molar-refractivity contribution in [3.63, 3.8) is 0 Å². The Kier molecular flexibility index (Phi) is 4.87. The predicted octanol–water partition coefficient (Wildman–Crippen LogP) is 1.67. The van der Waals surface area contributed by atoms with E-state index in [9.17, 15) is 0 Å². The summed E-state index contributed by atoms with van der Waals surface area (Å²) in [5, 5.41) is 4.35. The molecule has 0 aromatic carbocycles. The number of nitrogens with zero attached hydrogens (tertiary/aromatic N) is 3. The van der Waals surface area contributed by atoms with E-state index < -0.39 is 0 Å². The van der Waals surface area contributed by atoms with Gasteiger partial charge in [-0.15, -0.1) is 12.4 Å². The highest BCUT2D eigenvalue weighted by Crippen LogP contribution is 2.35. The highest BCUT2D eigenvalue weighted by atomic mass is 35.5. The number of nitrogens with two attached hydrogens (primary N) is 1. The van der Waals surface area contributed by atoms with Crippen LogP contribution in [0.4, 0.5) is 0 Å². The number of halogens is 1. The van der Waals surface area contributed by atoms with Gasteiger partial charge in [-0.2, -0.15) is 5.10 Å². The van der Waals surface area contributed by atoms with E-state index in [2.05, 4.69) is 27.8 Å². The molecule has 1 aliphatic carbocycles. The zero-order valence-electron chi connectivity index (χ0n) is 11.7. The summed E-state index contributed by atoms with van der Waals surface area (Å²) in [6.07, 6.45) is 7.99. The molecule has 3 unspecified atom stereocenters. The van der Waals surface area contributed by atoms with Gasteiger partial charge in [-0.25, -0.2) is 0 Å². The summed E-state index contributed by atoms with van der Waals surface area (Å²) in [5.41, 5.74) is 7.49. The van der Waals surface area contributed by atoms with Gasteiger partial charge in [-0.1, -0.05) is 6.42 Å². The number of fused-ring (bicyclic) bond motifs is 1. The number of hydrogen-bond acceptors (Lipinski definition) is 3. The van der Waals surface area contributed by atoms with Gasteiger partial charge in [0.1, 0.15) is 0 Å². The fraction of sp³-hybridized carbons (Fsp3) is 0.786. The molecule has 0 spiro atoms. The SMILES string of the molecule is Cc1cnn(CCN2CC3CCCC(N)C3C2)c1.Cl. The second kappa shape index (κ2) is 6.25. The van der Waals surface area contributed by atoms with E-state index in [1.165, 1.54) is 37.9 Å². The molecule has 1 aromatic rings. The quantitative estimate of drug-likeness (QED) is 0.919. The van der Waals surface area contributed by atoms with Gasteiger partial charge in [-0.05, 0) is 37.2 Å². The zero-order valence-corrected chi connectivity index (χ0v) is 12.5. The molecule has 2 N–H and O–H groups in total. The van der Waals surface area contributed by atoms with Gasteiger partial charge in [0.05, 0.1) is 12.7 Å². The van der Waals surface area contributed by atoms with Crippen molar-refractivity contribution in [1.82, 2.24) is 14.7 Å². The Morgan fingerprint density at radius 3 is 2.84 bits per heavy atom. The highest BCUT2D eigenvalue weighted by molar-refractivity contribution is 5.85. The van der Waals surface area contributed by atoms with Crippen molar-refractivity contribution < 1.29 is 0 Å². The maximum absolute atomic E-state index is 6.25. The lowest BCUT2D eigenvalue weighted by Gasteiger charge is -2.29. The Bertz CT molecular complexity index is 406. The molecule has 3 atom stereocenters. The largest absolute Gasteiger partial charge is 0.327 e. The van der Waals surface area contributed by atoms with Crippen LogP contribution in [0, 0.1) is 18.8 Å². The Labute approximate surface area is 121 Å². The van der Waals surface area contributed by atoms with Crippen LogP contribution >= 0.6 is 12.4 Å². The molecule has 3 rings (SSSR count). The second-order valence-electron chi connectivity index (χ2n) is 6.06. The van der Waals surface area contributed by atoms with Crippen LogP contribution in [-0.2, 0) is 6.54 Å². The summed E-state index contributed by atoms with van der Waals surface area (Å²) in [6.45, 7) is 6.65. The first-order valence-electron chi connectivity index (χ1n) is 7.19. The molecule has 2 fully saturated rings. The van der Waals surface area contributed by atoms with E-state index in [-0.39, 0.29) is 12.4 Å². The third kappa shape index (κ3) is 3.30. The summed E-state index contributed by atoms with van der Waals surface area (Å²) in [7, 11) is 0. The molecule has 4 nitrogen and oxygen atoms in total. The molecular formula is C14H25ClN4. The van der Waals surface area contributed by atoms with Gasteiger partial charge in [0.2, 0.25) is 0 Å². The Morgan fingerprint density at radius 2 is 2.16 bits per heavy atom. The van der Waals surface area contributed by atoms with Gasteiger partial charge in [0.15, 0.2) is 0 Å². The van der Waals surface area contributed by atoms with Crippen LogP contribution in [0.2, 0.25) is 0 Å². The lowest BCUT2D eigenvalue weighted by molar-refractivity contribution is 0.259. The normalized spacial score (nSPS) is 30.9. The van der Waals surface area contributed by atoms with E-state index in [4.69, 9.17) is 5.73 Å². The molecule has 19 heavy (non-hydrogen) atoms. The van der Waals surface area contributed by atoms with Crippen molar-refractivity contribution >= 4 is 12.4 Å². The minimum absolute atomic E-state index is 0. The molecule has 2 heterocycles. The molecule has 1 aromatic heterocycles. The van der Waals surface area contributed by atoms with E-state index in [0.29, 0.717) is 6.04 Å². The Balaban J connectivity index is 0.00000133. The molecular weight excluding hydrogens is 260 g/mol. The van der Waals surface area contributed by atoms with Crippen LogP contribution in [0.25, 0.3) is 0 Å². The fourth-order valence-corrected chi connectivity index (χ4v) is 3.62. The highest BCUT2D eigenvalue weighted by Gasteiger charge is 2.38. The minimum Gasteiger partial charge on any atom is -0.327 e. The number of likely N-dealkylation sites (tertiary alicyclic amines) is 1. The van der Waals surface area contributed by atoms with Crippen molar-refractivity contribution in [2.45, 2.75) is 38.8 Å². The minimum atomic E-state index is 0. The van der Waals surface area contributed by atoms with Crippen LogP contribution in [0.15, 0.2) is 12.4 Å². The maximum Gasteiger partial charge on any atom is 0.0536 e. The predicted molar refractivity (Wildman–Crippen MR) is 79.5 cm³/mol. The van der Waals surface area contributed by atoms with Gasteiger partial charge in [-0.3, -0.25) is 4.68 Å². The maximum atomic E-state index is 6.25. The topological polar surface area (TPSA) is 47.1 Å². The van der Waals surface area contributed by atoms with Crippen LogP contribution in [0.5, 0.6) is 0 Å². The standard InChI is InChI=1S/C14H24N4.ClH/c1-11-7-16-18(8-11)6-5-17-9-12-3-2-4-14(15)13(12)10-17;/h7-8,12-14H,2-6,9-10,15H2,1H3;1H. The van der Waals surface area contributed by atoms with Crippen molar-refractivity contribution in [2.24, 2.45) is 17.6 Å². The molecule has 2 aliphatic rings. The molecule has 5 heteroatoms. The van der Waals surface area contributed by atoms with Gasteiger partial charge >= 0.3 is 0 Å². The van der Waals surface area contributed by atoms with Crippen LogP contribution in [0.1, 0.15) is 24.8 Å². The first-order valence-corrected chi connectivity index (χ1v) is 7.19. The average molecular weight is 285 g/mol. The molecule has 108 valence electrons. The van der Waals surface area contributed by atoms with Crippen LogP contribution in [-0.4, -0.2) is 40.4 Å². The zero-order chi connectivity index (χ0) is 12.5. The number of rotatable bonds is 3. The molecule has 0 amide bonds. The first-order chi connectivity index (χ1) is 8.72. The summed E-state index contributed by atoms with van der Waals surface area (Å²) >= 11 is 0. The van der Waals surface area contributed by atoms with E-state index >= 15 is 0 Å². The van der Waals surface area contributed by atoms with Gasteiger partial charge < -0.3 is 10.6 Å². The van der Waals surface area contributed by atoms with E-state index in [1.807, 2.05) is 6.20 Å². The molecule has 1 aliphatic heterocycles. The third-order valence-electron chi connectivity index (χ3n) is 4.64. The molecule has 0 bridgehead atoms. The van der Waals surface area contributed by atoms with Crippen LogP contribution in [0.3, 0.4) is 0 Å². The lowest BCUT2D eigenvalue weighted by Crippen LogP contribution is -2.38. The Hall–Kier alpha value is -0.580. The smallest absolute Gasteiger partial charge is 0.0536 e. The first kappa shape index (κ1) is 14.8. The van der Waals surface area contributed by atoms with Gasteiger partial charge in [0.25, 0.3) is 0 Å². The van der Waals surface area contributed by atoms with Crippen molar-refractivity contribution in [1.29, 1.82) is 0 Å². The third-order valence-corrected chi connectivity index (χ3v) is 4.64. The monoisotopic (exact) mass is 284 g/mol. The fourth-order valence-electron chi connectivity index (χ4n) is 3.62. The van der Waals surface area contributed by atoms with E-state index in [0.717, 1.165) is 24.9 Å². The summed E-state index contributed by atoms with van der Waals surface area (Å²) < 4.78 is 2.05. The Morgan fingerprint density at radius 1 is 1.32 bits per heavy atom. The molecule has 1 saturated heterocycles. The average Bonchev–Trinajstić information content (AvgIpc) is 2.93. The molecule has 1 saturated carbocycles. The van der Waals surface area contributed by atoms with Crippen molar-refractivity contribution in [3.8, 4) is 0 Å². The summed E-state index contributed by atoms with van der Waals surface area (Å²) in [4.78, 5) is 2.58. The van der Waals surface area contributed by atoms with Crippen LogP contribution < -0.4 is 5.73 Å². The van der Waals surface area contributed by atoms with Crippen molar-refractivity contribution in [2.75, 3.05) is 19.6 Å². The molecule has 0 radical (unpaired) electrons. The lowest BCUT2D eigenvalue weighted by atomic mass is 9.78. The number of aromatic nitrogens is 2. The number of aryl methyl sites for hydroxylation is 1. The summed E-state index contributed by atoms with van der Waals surface area (Å²) in [6, 6.07) is 0.445. The van der Waals surface area contributed by atoms with Crippen molar-refractivity contribution in [3.05, 3.63) is 18.0 Å². The number of hydrogen-bond donors (Lipinski definition) is 1. The second-order valence-corrected chi connectivity index (χ2v) is 6.06. The van der Waals surface area contributed by atoms with E-state index in [1.54, 1.807) is 0 Å². The van der Waals surface area contributed by atoms with Gasteiger partial charge in [0, 0.05) is 31.9 Å².